The van der Waals surface area contributed by atoms with Crippen LogP contribution in [0, 0.1) is 5.92 Å². The predicted octanol–water partition coefficient (Wildman–Crippen LogP) is 4.41. The lowest BCUT2D eigenvalue weighted by Crippen LogP contribution is -2.06. The summed E-state index contributed by atoms with van der Waals surface area (Å²) >= 11 is 2.48. The van der Waals surface area contributed by atoms with Gasteiger partial charge < -0.3 is 4.74 Å². The Morgan fingerprint density at radius 1 is 1.50 bits per heavy atom. The van der Waals surface area contributed by atoms with E-state index in [1.807, 2.05) is 0 Å². The maximum Gasteiger partial charge on any atom is 0.106 e. The first kappa shape index (κ1) is 10.8. The lowest BCUT2D eigenvalue weighted by atomic mass is 10.0. The molecule has 1 aliphatic heterocycles. The summed E-state index contributed by atoms with van der Waals surface area (Å²) < 4.78 is 7.50. The van der Waals surface area contributed by atoms with E-state index in [1.165, 1.54) is 54.3 Å². The highest BCUT2D eigenvalue weighted by atomic mass is 127. The molecule has 2 heteroatoms. The Morgan fingerprint density at radius 2 is 2.36 bits per heavy atom. The molecule has 0 spiro atoms. The summed E-state index contributed by atoms with van der Waals surface area (Å²) in [6.45, 7) is 2.25. The number of ether oxygens (including phenoxy) is 1. The lowest BCUT2D eigenvalue weighted by molar-refractivity contribution is 0.146. The Morgan fingerprint density at radius 3 is 3.07 bits per heavy atom. The van der Waals surface area contributed by atoms with Crippen LogP contribution in [0.5, 0.6) is 0 Å². The first-order valence-electron chi connectivity index (χ1n) is 5.85. The van der Waals surface area contributed by atoms with Gasteiger partial charge in [-0.2, -0.15) is 0 Å². The molecule has 0 aromatic rings. The zero-order valence-electron chi connectivity index (χ0n) is 8.89. The van der Waals surface area contributed by atoms with Gasteiger partial charge in [-0.25, -0.2) is 0 Å². The zero-order chi connectivity index (χ0) is 9.97. The Labute approximate surface area is 100 Å². The first-order chi connectivity index (χ1) is 6.81. The maximum absolute atomic E-state index is 6.02. The van der Waals surface area contributed by atoms with Crippen molar-refractivity contribution in [3.05, 3.63) is 9.34 Å². The second kappa shape index (κ2) is 4.86. The molecule has 0 bridgehead atoms. The molecule has 1 nitrogen and oxygen atoms in total. The van der Waals surface area contributed by atoms with Gasteiger partial charge in [-0.3, -0.25) is 0 Å². The predicted molar refractivity (Wildman–Crippen MR) is 67.4 cm³/mol. The van der Waals surface area contributed by atoms with E-state index >= 15 is 0 Å². The molecule has 2 rings (SSSR count). The van der Waals surface area contributed by atoms with Crippen molar-refractivity contribution < 1.29 is 4.74 Å². The van der Waals surface area contributed by atoms with Gasteiger partial charge in [-0.15, -0.1) is 0 Å². The van der Waals surface area contributed by atoms with Crippen molar-refractivity contribution in [1.82, 2.24) is 0 Å². The SMILES string of the molecule is CCCC/C(I)=C1/C[C@H]2CCC[C@H]2O1. The molecule has 80 valence electrons. The fourth-order valence-electron chi connectivity index (χ4n) is 2.51. The topological polar surface area (TPSA) is 9.23 Å². The Hall–Kier alpha value is 0.270. The summed E-state index contributed by atoms with van der Waals surface area (Å²) in [4.78, 5) is 0. The van der Waals surface area contributed by atoms with Crippen molar-refractivity contribution >= 4 is 22.6 Å². The average molecular weight is 306 g/mol. The van der Waals surface area contributed by atoms with E-state index in [1.54, 1.807) is 0 Å². The van der Waals surface area contributed by atoms with Crippen LogP contribution in [0.15, 0.2) is 9.34 Å². The third-order valence-electron chi connectivity index (χ3n) is 3.38. The molecule has 2 atom stereocenters. The molecule has 0 amide bonds. The van der Waals surface area contributed by atoms with Crippen LogP contribution in [-0.4, -0.2) is 6.10 Å². The van der Waals surface area contributed by atoms with Gasteiger partial charge in [0.1, 0.15) is 11.9 Å². The molecular weight excluding hydrogens is 287 g/mol. The standard InChI is InChI=1S/C12H19IO/c1-2-3-6-10(13)12-8-9-5-4-7-11(9)14-12/h9,11H,2-8H2,1H3/b12-10+/t9-,11-/m1/s1. The van der Waals surface area contributed by atoms with Crippen LogP contribution < -0.4 is 0 Å². The molecule has 1 aliphatic carbocycles. The van der Waals surface area contributed by atoms with Gasteiger partial charge in [0.05, 0.1) is 0 Å². The second-order valence-corrected chi connectivity index (χ2v) is 5.79. The van der Waals surface area contributed by atoms with Crippen molar-refractivity contribution in [2.45, 2.75) is 58.0 Å². The van der Waals surface area contributed by atoms with E-state index in [4.69, 9.17) is 4.74 Å². The Balaban J connectivity index is 1.93. The molecule has 1 heterocycles. The minimum atomic E-state index is 0.580. The molecule has 0 aromatic carbocycles. The molecule has 0 radical (unpaired) electrons. The minimum absolute atomic E-state index is 0.580. The molecular formula is C12H19IO. The van der Waals surface area contributed by atoms with Crippen LogP contribution >= 0.6 is 22.6 Å². The smallest absolute Gasteiger partial charge is 0.106 e. The molecule has 0 unspecified atom stereocenters. The van der Waals surface area contributed by atoms with Gasteiger partial charge in [-0.1, -0.05) is 13.3 Å². The van der Waals surface area contributed by atoms with Gasteiger partial charge in [0.25, 0.3) is 0 Å². The minimum Gasteiger partial charge on any atom is -0.494 e. The van der Waals surface area contributed by atoms with Crippen molar-refractivity contribution in [2.24, 2.45) is 5.92 Å². The van der Waals surface area contributed by atoms with Gasteiger partial charge in [0.2, 0.25) is 0 Å². The highest BCUT2D eigenvalue weighted by Gasteiger charge is 2.36. The van der Waals surface area contributed by atoms with Crippen molar-refractivity contribution in [3.63, 3.8) is 0 Å². The van der Waals surface area contributed by atoms with E-state index in [0.29, 0.717) is 6.10 Å². The number of hydrogen-bond acceptors (Lipinski definition) is 1. The summed E-state index contributed by atoms with van der Waals surface area (Å²) in [5.74, 6) is 2.19. The molecule has 0 aromatic heterocycles. The number of allylic oxidation sites excluding steroid dienone is 2. The second-order valence-electron chi connectivity index (χ2n) is 4.48. The van der Waals surface area contributed by atoms with Crippen LogP contribution in [-0.2, 0) is 4.74 Å². The van der Waals surface area contributed by atoms with Crippen molar-refractivity contribution in [1.29, 1.82) is 0 Å². The van der Waals surface area contributed by atoms with E-state index in [2.05, 4.69) is 29.5 Å². The lowest BCUT2D eigenvalue weighted by Gasteiger charge is -2.08. The fourth-order valence-corrected chi connectivity index (χ4v) is 3.24. The number of halogens is 1. The van der Waals surface area contributed by atoms with Crippen LogP contribution in [0.2, 0.25) is 0 Å². The number of unbranched alkanes of at least 4 members (excludes halogenated alkanes) is 1. The fraction of sp³-hybridized carbons (Fsp3) is 0.833. The summed E-state index contributed by atoms with van der Waals surface area (Å²) in [7, 11) is 0. The highest BCUT2D eigenvalue weighted by Crippen LogP contribution is 2.43. The van der Waals surface area contributed by atoms with E-state index in [0.717, 1.165) is 5.92 Å². The number of hydrogen-bond donors (Lipinski definition) is 0. The third-order valence-corrected chi connectivity index (χ3v) is 4.52. The normalized spacial score (nSPS) is 34.1. The van der Waals surface area contributed by atoms with Gasteiger partial charge in [-0.05, 0) is 54.7 Å². The molecule has 1 saturated heterocycles. The first-order valence-corrected chi connectivity index (χ1v) is 6.93. The molecule has 0 N–H and O–H groups in total. The van der Waals surface area contributed by atoms with E-state index in [-0.39, 0.29) is 0 Å². The summed E-state index contributed by atoms with van der Waals surface area (Å²) in [6, 6.07) is 0. The van der Waals surface area contributed by atoms with Gasteiger partial charge in [0, 0.05) is 15.9 Å². The molecule has 2 fully saturated rings. The van der Waals surface area contributed by atoms with Crippen LogP contribution in [0.1, 0.15) is 51.9 Å². The largest absolute Gasteiger partial charge is 0.494 e. The van der Waals surface area contributed by atoms with Gasteiger partial charge >= 0.3 is 0 Å². The quantitative estimate of drug-likeness (QED) is 0.702. The van der Waals surface area contributed by atoms with Crippen LogP contribution in [0.3, 0.4) is 0 Å². The molecule has 1 saturated carbocycles. The van der Waals surface area contributed by atoms with E-state index < -0.39 is 0 Å². The average Bonchev–Trinajstić information content (AvgIpc) is 2.72. The summed E-state index contributed by atoms with van der Waals surface area (Å²) in [6.07, 6.45) is 9.70. The molecule has 14 heavy (non-hydrogen) atoms. The summed E-state index contributed by atoms with van der Waals surface area (Å²) in [5.41, 5.74) is 0. The van der Waals surface area contributed by atoms with Crippen LogP contribution in [0.4, 0.5) is 0 Å². The maximum atomic E-state index is 6.02. The number of rotatable bonds is 3. The van der Waals surface area contributed by atoms with Crippen LogP contribution in [0.25, 0.3) is 0 Å². The number of fused-ring (bicyclic) bond motifs is 1. The molecule has 2 aliphatic rings. The van der Waals surface area contributed by atoms with E-state index in [9.17, 15) is 0 Å². The van der Waals surface area contributed by atoms with Crippen molar-refractivity contribution in [3.8, 4) is 0 Å². The monoisotopic (exact) mass is 306 g/mol. The van der Waals surface area contributed by atoms with Crippen molar-refractivity contribution in [2.75, 3.05) is 0 Å². The van der Waals surface area contributed by atoms with Gasteiger partial charge in [0.15, 0.2) is 0 Å². The zero-order valence-corrected chi connectivity index (χ0v) is 11.0. The Kier molecular flexibility index (Phi) is 3.74. The Bertz CT molecular complexity index is 220. The summed E-state index contributed by atoms with van der Waals surface area (Å²) in [5, 5.41) is 0. The third kappa shape index (κ3) is 2.26. The highest BCUT2D eigenvalue weighted by molar-refractivity contribution is 14.1.